The number of halogens is 6. The first-order valence-corrected chi connectivity index (χ1v) is 20.6. The van der Waals surface area contributed by atoms with E-state index < -0.39 is 47.9 Å². The van der Waals surface area contributed by atoms with Crippen LogP contribution in [0.5, 0.6) is 0 Å². The van der Waals surface area contributed by atoms with Crippen LogP contribution >= 0.6 is 0 Å². The molecule has 0 aliphatic carbocycles. The Labute approximate surface area is 367 Å². The lowest BCUT2D eigenvalue weighted by molar-refractivity contribution is -0.152. The molecule has 5 N–H and O–H groups in total. The molecule has 1 unspecified atom stereocenters. The Balaban J connectivity index is 0.000000182. The van der Waals surface area contributed by atoms with Gasteiger partial charge >= 0.3 is 35.7 Å². The van der Waals surface area contributed by atoms with E-state index in [-0.39, 0.29) is 11.4 Å². The van der Waals surface area contributed by atoms with Crippen LogP contribution < -0.4 is 21.2 Å². The quantitative estimate of drug-likeness (QED) is 0.107. The Kier molecular flexibility index (Phi) is 15.4. The largest absolute Gasteiger partial charge is 0.481 e. The van der Waals surface area contributed by atoms with E-state index in [0.29, 0.717) is 50.6 Å². The van der Waals surface area contributed by atoms with E-state index in [1.54, 1.807) is 21.3 Å². The van der Waals surface area contributed by atoms with E-state index >= 15 is 0 Å². The Morgan fingerprint density at radius 1 is 0.554 bits per heavy atom. The summed E-state index contributed by atoms with van der Waals surface area (Å²) in [6.45, 7) is 8.19. The number of fused-ring (bicyclic) bond motifs is 2. The second kappa shape index (κ2) is 20.9. The van der Waals surface area contributed by atoms with Gasteiger partial charge in [-0.15, -0.1) is 0 Å². The van der Waals surface area contributed by atoms with Gasteiger partial charge in [-0.25, -0.2) is 14.4 Å². The Bertz CT molecular complexity index is 2490. The zero-order valence-electron chi connectivity index (χ0n) is 34.9. The third kappa shape index (κ3) is 12.8. The summed E-state index contributed by atoms with van der Waals surface area (Å²) < 4.78 is 81.0. The number of para-hydroxylation sites is 4. The maximum Gasteiger partial charge on any atom is 0.416 e. The third-order valence-electron chi connectivity index (χ3n) is 11.1. The van der Waals surface area contributed by atoms with Gasteiger partial charge in [0.15, 0.2) is 6.10 Å². The van der Waals surface area contributed by atoms with E-state index in [1.807, 2.05) is 58.3 Å². The molecule has 2 aliphatic heterocycles. The number of carboxylic acids is 2. The standard InChI is InChI=1S/2C20H21F3N4O.C4H6O5/c2*21-20(22,23)15-4-3-5-16(14-15)26-11-8-25(9-12-26)10-13-27-18-7-2-1-6-17(18)24-19(27)28;5-2(4(8)9)1-3(6)7/h2*1-7,14H,8-13H2,(H,24,28);2,5H,1H2,(H,6,7)(H,8,9). The molecular formula is C44H48F6N8O7. The van der Waals surface area contributed by atoms with Gasteiger partial charge in [0.2, 0.25) is 0 Å². The van der Waals surface area contributed by atoms with Gasteiger partial charge in [-0.05, 0) is 60.7 Å². The molecule has 0 spiro atoms. The molecule has 2 fully saturated rings. The molecule has 21 heteroatoms. The molecule has 4 aromatic carbocycles. The summed E-state index contributed by atoms with van der Waals surface area (Å²) in [5.74, 6) is -2.85. The van der Waals surface area contributed by atoms with Crippen LogP contribution in [0.1, 0.15) is 17.5 Å². The van der Waals surface area contributed by atoms with Crippen molar-refractivity contribution in [2.45, 2.75) is 38.0 Å². The van der Waals surface area contributed by atoms with Crippen LogP contribution in [-0.2, 0) is 35.0 Å². The summed E-state index contributed by atoms with van der Waals surface area (Å²) in [6, 6.07) is 26.1. The highest BCUT2D eigenvalue weighted by atomic mass is 19.4. The van der Waals surface area contributed by atoms with E-state index in [2.05, 4.69) is 19.8 Å². The summed E-state index contributed by atoms with van der Waals surface area (Å²) in [6.07, 6.45) is -11.2. The molecule has 6 aromatic rings. The highest BCUT2D eigenvalue weighted by Gasteiger charge is 2.32. The minimum atomic E-state index is -4.33. The topological polar surface area (TPSA) is 183 Å². The normalized spacial score (nSPS) is 15.6. The first-order valence-electron chi connectivity index (χ1n) is 20.6. The van der Waals surface area contributed by atoms with Crippen molar-refractivity contribution in [1.82, 2.24) is 28.9 Å². The molecule has 348 valence electrons. The number of benzene rings is 4. The van der Waals surface area contributed by atoms with Gasteiger partial charge in [0.05, 0.1) is 39.6 Å². The number of hydrogen-bond donors (Lipinski definition) is 5. The molecule has 15 nitrogen and oxygen atoms in total. The van der Waals surface area contributed by atoms with Gasteiger partial charge in [0.25, 0.3) is 0 Å². The van der Waals surface area contributed by atoms with Crippen molar-refractivity contribution in [1.29, 1.82) is 0 Å². The number of aromatic amines is 2. The number of aliphatic carboxylic acids is 2. The maximum atomic E-state index is 12.9. The minimum Gasteiger partial charge on any atom is -0.481 e. The molecule has 65 heavy (non-hydrogen) atoms. The van der Waals surface area contributed by atoms with E-state index in [9.17, 15) is 45.5 Å². The number of nitrogens with zero attached hydrogens (tertiary/aromatic N) is 6. The van der Waals surface area contributed by atoms with Crippen molar-refractivity contribution in [2.75, 3.05) is 75.2 Å². The van der Waals surface area contributed by atoms with Crippen molar-refractivity contribution in [2.24, 2.45) is 0 Å². The molecule has 2 aromatic heterocycles. The van der Waals surface area contributed by atoms with Gasteiger partial charge in [-0.1, -0.05) is 36.4 Å². The first kappa shape index (κ1) is 47.9. The number of carbonyl (C=O) groups is 2. The number of piperazine rings is 2. The number of aliphatic hydroxyl groups excluding tert-OH is 1. The molecule has 0 radical (unpaired) electrons. The first-order chi connectivity index (χ1) is 30.9. The number of nitrogens with one attached hydrogen (secondary N) is 2. The van der Waals surface area contributed by atoms with E-state index in [4.69, 9.17) is 15.3 Å². The number of aromatic nitrogens is 4. The van der Waals surface area contributed by atoms with Crippen molar-refractivity contribution in [3.8, 4) is 0 Å². The van der Waals surface area contributed by atoms with Gasteiger partial charge in [-0.3, -0.25) is 23.7 Å². The number of carboxylic acid groups (broad SMARTS) is 2. The van der Waals surface area contributed by atoms with Crippen molar-refractivity contribution in [3.05, 3.63) is 129 Å². The maximum absolute atomic E-state index is 12.9. The van der Waals surface area contributed by atoms with Crippen LogP contribution in [0.3, 0.4) is 0 Å². The summed E-state index contributed by atoms with van der Waals surface area (Å²) >= 11 is 0. The summed E-state index contributed by atoms with van der Waals surface area (Å²) in [7, 11) is 0. The summed E-state index contributed by atoms with van der Waals surface area (Å²) in [5, 5.41) is 24.1. The molecule has 8 rings (SSSR count). The highest BCUT2D eigenvalue weighted by molar-refractivity contribution is 5.79. The SMILES string of the molecule is O=C(O)CC(O)C(=O)O.O=c1[nH]c2ccccc2n1CCN1CCN(c2cccc(C(F)(F)F)c2)CC1.O=c1[nH]c2ccccc2n1CCN1CCN(c2cccc(C(F)(F)F)c2)CC1. The van der Waals surface area contributed by atoms with Crippen LogP contribution in [0.25, 0.3) is 22.1 Å². The lowest BCUT2D eigenvalue weighted by Gasteiger charge is -2.36. The second-order valence-corrected chi connectivity index (χ2v) is 15.4. The van der Waals surface area contributed by atoms with Crippen LogP contribution in [0.4, 0.5) is 37.7 Å². The van der Waals surface area contributed by atoms with Crippen molar-refractivity contribution < 1.29 is 51.3 Å². The predicted molar refractivity (Wildman–Crippen MR) is 231 cm³/mol. The van der Waals surface area contributed by atoms with E-state index in [0.717, 1.165) is 73.5 Å². The summed E-state index contributed by atoms with van der Waals surface area (Å²) in [4.78, 5) is 57.8. The highest BCUT2D eigenvalue weighted by Crippen LogP contribution is 2.33. The van der Waals surface area contributed by atoms with E-state index in [1.165, 1.54) is 24.3 Å². The van der Waals surface area contributed by atoms with Crippen molar-refractivity contribution in [3.63, 3.8) is 0 Å². The fourth-order valence-corrected chi connectivity index (χ4v) is 7.61. The zero-order chi connectivity index (χ0) is 46.9. The fourth-order valence-electron chi connectivity index (χ4n) is 7.61. The molecule has 0 bridgehead atoms. The molecular weight excluding hydrogens is 867 g/mol. The number of anilines is 2. The van der Waals surface area contributed by atoms with Crippen LogP contribution in [0, 0.1) is 0 Å². The molecule has 4 heterocycles. The van der Waals surface area contributed by atoms with Gasteiger partial charge in [0, 0.05) is 89.9 Å². The van der Waals surface area contributed by atoms with Crippen LogP contribution in [0.15, 0.2) is 107 Å². The monoisotopic (exact) mass is 914 g/mol. The Morgan fingerprint density at radius 3 is 1.28 bits per heavy atom. The third-order valence-corrected chi connectivity index (χ3v) is 11.1. The molecule has 1 atom stereocenters. The molecule has 2 aliphatic rings. The predicted octanol–water partition coefficient (Wildman–Crippen LogP) is 5.25. The Hall–Kier alpha value is -6.58. The van der Waals surface area contributed by atoms with Gasteiger partial charge < -0.3 is 35.1 Å². The number of rotatable bonds is 11. The Morgan fingerprint density at radius 2 is 0.938 bits per heavy atom. The number of H-pyrrole nitrogens is 2. The minimum absolute atomic E-state index is 0.121. The van der Waals surface area contributed by atoms with Gasteiger partial charge in [-0.2, -0.15) is 26.3 Å². The van der Waals surface area contributed by atoms with Crippen molar-refractivity contribution >= 4 is 45.4 Å². The second-order valence-electron chi connectivity index (χ2n) is 15.4. The zero-order valence-corrected chi connectivity index (χ0v) is 34.9. The number of aliphatic hydroxyl groups is 1. The lowest BCUT2D eigenvalue weighted by atomic mass is 10.1. The number of alkyl halides is 6. The average Bonchev–Trinajstić information content (AvgIpc) is 3.78. The molecule has 0 saturated carbocycles. The summed E-state index contributed by atoms with van der Waals surface area (Å²) in [5.41, 5.74) is 3.13. The number of imidazole rings is 2. The smallest absolute Gasteiger partial charge is 0.416 e. The molecule has 0 amide bonds. The van der Waals surface area contributed by atoms with Crippen LogP contribution in [0.2, 0.25) is 0 Å². The fraction of sp³-hybridized carbons (Fsp3) is 0.364. The average molecular weight is 915 g/mol. The van der Waals surface area contributed by atoms with Crippen LogP contribution in [-0.4, -0.2) is 128 Å². The van der Waals surface area contributed by atoms with Gasteiger partial charge in [0.1, 0.15) is 0 Å². The molecule has 2 saturated heterocycles. The number of hydrogen-bond acceptors (Lipinski definition) is 9. The lowest BCUT2D eigenvalue weighted by Crippen LogP contribution is -2.47.